The first kappa shape index (κ1) is 21.7. The lowest BCUT2D eigenvalue weighted by Gasteiger charge is -2.31. The molecule has 28 heavy (non-hydrogen) atoms. The molecule has 7 heteroatoms. The lowest BCUT2D eigenvalue weighted by Crippen LogP contribution is -2.43. The number of carbonyl (C=O) groups is 2. The maximum Gasteiger partial charge on any atom is 0.254 e. The van der Waals surface area contributed by atoms with Crippen LogP contribution in [0.2, 0.25) is 0 Å². The molecule has 5 nitrogen and oxygen atoms in total. The Hall–Kier alpha value is -2.60. The Morgan fingerprint density at radius 3 is 2.43 bits per heavy atom. The minimum Gasteiger partial charge on any atom is -0.399 e. The van der Waals surface area contributed by atoms with Gasteiger partial charge in [0.05, 0.1) is 0 Å². The highest BCUT2D eigenvalue weighted by Crippen LogP contribution is 2.21. The number of hydrogen-bond donors (Lipinski definition) is 2. The fourth-order valence-electron chi connectivity index (χ4n) is 3.32. The minimum absolute atomic E-state index is 0. The third-order valence-corrected chi connectivity index (χ3v) is 5.02. The zero-order valence-electron chi connectivity index (χ0n) is 15.8. The SMILES string of the molecule is Cc1ccc(N)cc1C(=O)N1CCC(C(=O)NCc2ccc(F)cc2)CC1.Cl. The molecule has 3 N–H and O–H groups in total. The largest absolute Gasteiger partial charge is 0.399 e. The van der Waals surface area contributed by atoms with Crippen LogP contribution in [-0.4, -0.2) is 29.8 Å². The van der Waals surface area contributed by atoms with Crippen molar-refractivity contribution >= 4 is 29.9 Å². The van der Waals surface area contributed by atoms with Crippen molar-refractivity contribution in [3.8, 4) is 0 Å². The Morgan fingerprint density at radius 1 is 1.14 bits per heavy atom. The van der Waals surface area contributed by atoms with E-state index in [1.54, 1.807) is 29.2 Å². The minimum atomic E-state index is -0.294. The summed E-state index contributed by atoms with van der Waals surface area (Å²) in [6.07, 6.45) is 1.25. The van der Waals surface area contributed by atoms with Gasteiger partial charge in [-0.3, -0.25) is 9.59 Å². The molecule has 0 bridgehead atoms. The van der Waals surface area contributed by atoms with Crippen LogP contribution in [0.1, 0.15) is 34.3 Å². The molecule has 2 aromatic carbocycles. The lowest BCUT2D eigenvalue weighted by molar-refractivity contribution is -0.126. The quantitative estimate of drug-likeness (QED) is 0.766. The van der Waals surface area contributed by atoms with Crippen molar-refractivity contribution in [1.82, 2.24) is 10.2 Å². The molecule has 0 atom stereocenters. The third kappa shape index (κ3) is 5.23. The fourth-order valence-corrected chi connectivity index (χ4v) is 3.32. The maximum atomic E-state index is 12.9. The number of piperidine rings is 1. The number of nitrogens with zero attached hydrogens (tertiary/aromatic N) is 1. The highest BCUT2D eigenvalue weighted by molar-refractivity contribution is 5.96. The summed E-state index contributed by atoms with van der Waals surface area (Å²) in [6, 6.07) is 11.4. The standard InChI is InChI=1S/C21H24FN3O2.ClH/c1-14-2-7-18(23)12-19(14)21(27)25-10-8-16(9-11-25)20(26)24-13-15-3-5-17(22)6-4-15;/h2-7,12,16H,8-11,13,23H2,1H3,(H,24,26);1H. The molecule has 2 aromatic rings. The molecule has 3 rings (SSSR count). The Morgan fingerprint density at radius 2 is 1.79 bits per heavy atom. The van der Waals surface area contributed by atoms with Crippen molar-refractivity contribution in [2.45, 2.75) is 26.3 Å². The van der Waals surface area contributed by atoms with Gasteiger partial charge in [-0.25, -0.2) is 4.39 Å². The molecule has 1 aliphatic rings. The van der Waals surface area contributed by atoms with E-state index in [1.165, 1.54) is 12.1 Å². The van der Waals surface area contributed by atoms with Crippen molar-refractivity contribution in [2.75, 3.05) is 18.8 Å². The summed E-state index contributed by atoms with van der Waals surface area (Å²) in [5, 5.41) is 2.90. The number of rotatable bonds is 4. The van der Waals surface area contributed by atoms with E-state index in [9.17, 15) is 14.0 Å². The molecule has 1 aliphatic heterocycles. The van der Waals surface area contributed by atoms with Gasteiger partial charge >= 0.3 is 0 Å². The van der Waals surface area contributed by atoms with Gasteiger partial charge in [0.2, 0.25) is 5.91 Å². The summed E-state index contributed by atoms with van der Waals surface area (Å²) in [7, 11) is 0. The van der Waals surface area contributed by atoms with Crippen LogP contribution in [-0.2, 0) is 11.3 Å². The summed E-state index contributed by atoms with van der Waals surface area (Å²) < 4.78 is 12.9. The first-order valence-electron chi connectivity index (χ1n) is 9.11. The Labute approximate surface area is 170 Å². The molecule has 150 valence electrons. The predicted molar refractivity (Wildman–Crippen MR) is 110 cm³/mol. The molecule has 0 aliphatic carbocycles. The van der Waals surface area contributed by atoms with Crippen LogP contribution in [0.25, 0.3) is 0 Å². The monoisotopic (exact) mass is 405 g/mol. The van der Waals surface area contributed by atoms with Gasteiger partial charge in [-0.15, -0.1) is 12.4 Å². The van der Waals surface area contributed by atoms with Gasteiger partial charge in [-0.2, -0.15) is 0 Å². The average Bonchev–Trinajstić information content (AvgIpc) is 2.69. The molecular formula is C21H25ClFN3O2. The summed E-state index contributed by atoms with van der Waals surface area (Å²) in [5.74, 6) is -0.467. The van der Waals surface area contributed by atoms with E-state index >= 15 is 0 Å². The number of anilines is 1. The first-order valence-corrected chi connectivity index (χ1v) is 9.11. The lowest BCUT2D eigenvalue weighted by atomic mass is 9.95. The first-order chi connectivity index (χ1) is 12.9. The molecule has 0 saturated carbocycles. The molecule has 1 heterocycles. The second-order valence-electron chi connectivity index (χ2n) is 6.99. The average molecular weight is 406 g/mol. The maximum absolute atomic E-state index is 12.9. The second-order valence-corrected chi connectivity index (χ2v) is 6.99. The molecule has 0 aromatic heterocycles. The van der Waals surface area contributed by atoms with E-state index in [0.29, 0.717) is 43.7 Å². The van der Waals surface area contributed by atoms with Crippen LogP contribution < -0.4 is 11.1 Å². The van der Waals surface area contributed by atoms with E-state index < -0.39 is 0 Å². The van der Waals surface area contributed by atoms with Crippen molar-refractivity contribution < 1.29 is 14.0 Å². The molecule has 0 radical (unpaired) electrons. The molecule has 1 saturated heterocycles. The van der Waals surface area contributed by atoms with Crippen LogP contribution in [0.4, 0.5) is 10.1 Å². The van der Waals surface area contributed by atoms with Crippen LogP contribution in [0.15, 0.2) is 42.5 Å². The second kappa shape index (κ2) is 9.55. The van der Waals surface area contributed by atoms with Gasteiger partial charge in [0.25, 0.3) is 5.91 Å². The summed E-state index contributed by atoms with van der Waals surface area (Å²) >= 11 is 0. The van der Waals surface area contributed by atoms with Gasteiger partial charge in [0.15, 0.2) is 0 Å². The summed E-state index contributed by atoms with van der Waals surface area (Å²) in [5.41, 5.74) is 8.74. The highest BCUT2D eigenvalue weighted by Gasteiger charge is 2.28. The summed E-state index contributed by atoms with van der Waals surface area (Å²) in [6.45, 7) is 3.35. The van der Waals surface area contributed by atoms with Crippen molar-refractivity contribution in [3.05, 3.63) is 65.0 Å². The normalized spacial score (nSPS) is 14.3. The third-order valence-electron chi connectivity index (χ3n) is 5.02. The fraction of sp³-hybridized carbons (Fsp3) is 0.333. The number of aryl methyl sites for hydroxylation is 1. The number of nitrogens with one attached hydrogen (secondary N) is 1. The van der Waals surface area contributed by atoms with Crippen molar-refractivity contribution in [2.24, 2.45) is 5.92 Å². The van der Waals surface area contributed by atoms with Crippen molar-refractivity contribution in [1.29, 1.82) is 0 Å². The smallest absolute Gasteiger partial charge is 0.254 e. The van der Waals surface area contributed by atoms with E-state index in [4.69, 9.17) is 5.73 Å². The van der Waals surface area contributed by atoms with E-state index in [1.807, 2.05) is 13.0 Å². The van der Waals surface area contributed by atoms with Crippen LogP contribution in [0, 0.1) is 18.7 Å². The Kier molecular flexibility index (Phi) is 7.40. The number of carbonyl (C=O) groups excluding carboxylic acids is 2. The number of benzene rings is 2. The number of likely N-dealkylation sites (tertiary alicyclic amines) is 1. The van der Waals surface area contributed by atoms with Gasteiger partial charge in [0, 0.05) is 36.8 Å². The molecule has 1 fully saturated rings. The number of amides is 2. The zero-order chi connectivity index (χ0) is 19.4. The van der Waals surface area contributed by atoms with Gasteiger partial charge in [0.1, 0.15) is 5.82 Å². The molecular weight excluding hydrogens is 381 g/mol. The van der Waals surface area contributed by atoms with Crippen LogP contribution >= 0.6 is 12.4 Å². The number of hydrogen-bond acceptors (Lipinski definition) is 3. The van der Waals surface area contributed by atoms with Crippen molar-refractivity contribution in [3.63, 3.8) is 0 Å². The number of nitrogens with two attached hydrogens (primary N) is 1. The number of nitrogen functional groups attached to an aromatic ring is 1. The van der Waals surface area contributed by atoms with Crippen LogP contribution in [0.5, 0.6) is 0 Å². The highest BCUT2D eigenvalue weighted by atomic mass is 35.5. The van der Waals surface area contributed by atoms with Gasteiger partial charge in [-0.05, 0) is 55.2 Å². The Balaban J connectivity index is 0.00000280. The zero-order valence-corrected chi connectivity index (χ0v) is 16.6. The molecule has 0 unspecified atom stereocenters. The topological polar surface area (TPSA) is 75.4 Å². The molecule has 2 amide bonds. The Bertz CT molecular complexity index is 834. The van der Waals surface area contributed by atoms with E-state index in [-0.39, 0.29) is 36.0 Å². The molecule has 0 spiro atoms. The van der Waals surface area contributed by atoms with Crippen LogP contribution in [0.3, 0.4) is 0 Å². The van der Waals surface area contributed by atoms with E-state index in [0.717, 1.165) is 11.1 Å². The predicted octanol–water partition coefficient (Wildman–Crippen LogP) is 3.31. The van der Waals surface area contributed by atoms with Gasteiger partial charge < -0.3 is 16.0 Å². The summed E-state index contributed by atoms with van der Waals surface area (Å²) in [4.78, 5) is 26.9. The number of halogens is 2. The van der Waals surface area contributed by atoms with E-state index in [2.05, 4.69) is 5.32 Å². The van der Waals surface area contributed by atoms with Gasteiger partial charge in [-0.1, -0.05) is 18.2 Å².